The lowest BCUT2D eigenvalue weighted by Gasteiger charge is -2.24. The fraction of sp³-hybridized carbons (Fsp3) is 0.263. The molecule has 6 heteroatoms. The Labute approximate surface area is 147 Å². The Morgan fingerprint density at radius 3 is 2.64 bits per heavy atom. The predicted molar refractivity (Wildman–Crippen MR) is 95.0 cm³/mol. The first-order valence-electron chi connectivity index (χ1n) is 8.19. The third-order valence-electron chi connectivity index (χ3n) is 4.43. The smallest absolute Gasteiger partial charge is 0.276 e. The molecule has 0 aliphatic rings. The monoisotopic (exact) mass is 335 g/mol. The quantitative estimate of drug-likeness (QED) is 0.719. The van der Waals surface area contributed by atoms with Crippen LogP contribution >= 0.6 is 0 Å². The number of hydrogen-bond acceptors (Lipinski definition) is 4. The number of pyridine rings is 1. The minimum atomic E-state index is -0.145. The zero-order chi connectivity index (χ0) is 17.8. The van der Waals surface area contributed by atoms with Crippen molar-refractivity contribution in [1.29, 1.82) is 0 Å². The first kappa shape index (κ1) is 16.8. The van der Waals surface area contributed by atoms with Gasteiger partial charge in [-0.1, -0.05) is 41.6 Å². The highest BCUT2D eigenvalue weighted by Gasteiger charge is 2.24. The molecule has 0 N–H and O–H groups in total. The molecular formula is C19H21N5O. The zero-order valence-electron chi connectivity index (χ0n) is 14.6. The molecule has 0 unspecified atom stereocenters. The van der Waals surface area contributed by atoms with Crippen LogP contribution in [0.3, 0.4) is 0 Å². The van der Waals surface area contributed by atoms with Crippen LogP contribution in [0, 0.1) is 6.92 Å². The van der Waals surface area contributed by atoms with Crippen LogP contribution in [0.4, 0.5) is 0 Å². The van der Waals surface area contributed by atoms with Crippen molar-refractivity contribution in [2.45, 2.75) is 26.4 Å². The topological polar surface area (TPSA) is 63.9 Å². The third kappa shape index (κ3) is 3.57. The number of carbonyl (C=O) groups excluding carboxylic acids is 1. The van der Waals surface area contributed by atoms with Gasteiger partial charge in [0.15, 0.2) is 5.69 Å². The van der Waals surface area contributed by atoms with Crippen LogP contribution in [-0.4, -0.2) is 37.8 Å². The molecule has 128 valence electrons. The summed E-state index contributed by atoms with van der Waals surface area (Å²) < 4.78 is 1.76. The van der Waals surface area contributed by atoms with Gasteiger partial charge in [0, 0.05) is 19.4 Å². The lowest BCUT2D eigenvalue weighted by Crippen LogP contribution is -2.30. The maximum atomic E-state index is 12.8. The summed E-state index contributed by atoms with van der Waals surface area (Å²) in [7, 11) is 1.77. The van der Waals surface area contributed by atoms with Crippen molar-refractivity contribution in [2.75, 3.05) is 7.05 Å². The van der Waals surface area contributed by atoms with Gasteiger partial charge >= 0.3 is 0 Å². The first-order chi connectivity index (χ1) is 12.1. The van der Waals surface area contributed by atoms with Crippen LogP contribution in [0.5, 0.6) is 0 Å². The van der Waals surface area contributed by atoms with Gasteiger partial charge in [-0.15, -0.1) is 5.10 Å². The second-order valence-corrected chi connectivity index (χ2v) is 6.05. The average Bonchev–Trinajstić information content (AvgIpc) is 3.02. The molecule has 3 rings (SSSR count). The van der Waals surface area contributed by atoms with Gasteiger partial charge in [-0.05, 0) is 31.0 Å². The van der Waals surface area contributed by atoms with Gasteiger partial charge in [0.2, 0.25) is 0 Å². The standard InChI is InChI=1S/C19H21N5O/c1-14(17-10-7-11-20-12-17)23(3)19(25)18-15(2)24(22-21-18)13-16-8-5-4-6-9-16/h4-12,14H,13H2,1-3H3/t14-/m1/s1. The van der Waals surface area contributed by atoms with Crippen molar-refractivity contribution in [3.63, 3.8) is 0 Å². The third-order valence-corrected chi connectivity index (χ3v) is 4.43. The molecule has 0 aliphatic carbocycles. The van der Waals surface area contributed by atoms with Crippen molar-refractivity contribution in [1.82, 2.24) is 24.9 Å². The Balaban J connectivity index is 1.78. The summed E-state index contributed by atoms with van der Waals surface area (Å²) in [5, 5.41) is 8.27. The summed E-state index contributed by atoms with van der Waals surface area (Å²) in [5.41, 5.74) is 3.24. The molecule has 6 nitrogen and oxygen atoms in total. The fourth-order valence-electron chi connectivity index (χ4n) is 2.65. The number of hydrogen-bond donors (Lipinski definition) is 0. The van der Waals surface area contributed by atoms with Gasteiger partial charge in [-0.3, -0.25) is 9.78 Å². The number of benzene rings is 1. The molecule has 1 aromatic carbocycles. The molecule has 3 aromatic rings. The first-order valence-corrected chi connectivity index (χ1v) is 8.19. The maximum Gasteiger partial charge on any atom is 0.276 e. The van der Waals surface area contributed by atoms with E-state index in [1.54, 1.807) is 29.0 Å². The van der Waals surface area contributed by atoms with Gasteiger partial charge in [0.1, 0.15) is 0 Å². The van der Waals surface area contributed by atoms with Gasteiger partial charge in [-0.25, -0.2) is 4.68 Å². The predicted octanol–water partition coefficient (Wildman–Crippen LogP) is 2.86. The van der Waals surface area contributed by atoms with Crippen LogP contribution in [0.25, 0.3) is 0 Å². The highest BCUT2D eigenvalue weighted by Crippen LogP contribution is 2.20. The van der Waals surface area contributed by atoms with E-state index in [1.165, 1.54) is 0 Å². The Morgan fingerprint density at radius 2 is 1.96 bits per heavy atom. The molecule has 0 bridgehead atoms. The van der Waals surface area contributed by atoms with E-state index in [0.29, 0.717) is 12.2 Å². The lowest BCUT2D eigenvalue weighted by molar-refractivity contribution is 0.0735. The summed E-state index contributed by atoms with van der Waals surface area (Å²) in [6.45, 7) is 4.44. The van der Waals surface area contributed by atoms with Gasteiger partial charge in [0.25, 0.3) is 5.91 Å². The number of carbonyl (C=O) groups is 1. The molecule has 0 fully saturated rings. The summed E-state index contributed by atoms with van der Waals surface area (Å²) in [5.74, 6) is -0.145. The SMILES string of the molecule is Cc1c(C(=O)N(C)[C@H](C)c2cccnc2)nnn1Cc1ccccc1. The van der Waals surface area contributed by atoms with Gasteiger partial charge < -0.3 is 4.90 Å². The van der Waals surface area contributed by atoms with Gasteiger partial charge in [0.05, 0.1) is 18.3 Å². The highest BCUT2D eigenvalue weighted by molar-refractivity contribution is 5.93. The number of amides is 1. The van der Waals surface area contributed by atoms with Crippen LogP contribution in [0.15, 0.2) is 54.9 Å². The maximum absolute atomic E-state index is 12.8. The second-order valence-electron chi connectivity index (χ2n) is 6.05. The molecular weight excluding hydrogens is 314 g/mol. The Bertz CT molecular complexity index is 845. The number of aromatic nitrogens is 4. The summed E-state index contributed by atoms with van der Waals surface area (Å²) >= 11 is 0. The van der Waals surface area contributed by atoms with Crippen molar-refractivity contribution < 1.29 is 4.79 Å². The lowest BCUT2D eigenvalue weighted by atomic mass is 10.1. The second kappa shape index (κ2) is 7.25. The van der Waals surface area contributed by atoms with E-state index in [2.05, 4.69) is 15.3 Å². The molecule has 0 saturated carbocycles. The van der Waals surface area contributed by atoms with E-state index in [9.17, 15) is 4.79 Å². The number of rotatable bonds is 5. The molecule has 0 aliphatic heterocycles. The molecule has 25 heavy (non-hydrogen) atoms. The molecule has 1 amide bonds. The van der Waals surface area contributed by atoms with Crippen LogP contribution in [-0.2, 0) is 6.54 Å². The van der Waals surface area contributed by atoms with Crippen LogP contribution < -0.4 is 0 Å². The molecule has 0 radical (unpaired) electrons. The van der Waals surface area contributed by atoms with Crippen LogP contribution in [0.1, 0.15) is 40.3 Å². The Morgan fingerprint density at radius 1 is 1.20 bits per heavy atom. The van der Waals surface area contributed by atoms with Crippen molar-refractivity contribution in [2.24, 2.45) is 0 Å². The van der Waals surface area contributed by atoms with E-state index in [4.69, 9.17) is 0 Å². The van der Waals surface area contributed by atoms with Gasteiger partial charge in [-0.2, -0.15) is 0 Å². The number of nitrogens with zero attached hydrogens (tertiary/aromatic N) is 5. The fourth-order valence-corrected chi connectivity index (χ4v) is 2.65. The van der Waals surface area contributed by atoms with Crippen molar-refractivity contribution in [3.8, 4) is 0 Å². The molecule has 2 heterocycles. The van der Waals surface area contributed by atoms with E-state index in [-0.39, 0.29) is 11.9 Å². The van der Waals surface area contributed by atoms with E-state index in [0.717, 1.165) is 16.8 Å². The summed E-state index contributed by atoms with van der Waals surface area (Å²) in [6, 6.07) is 13.7. The van der Waals surface area contributed by atoms with Crippen molar-refractivity contribution >= 4 is 5.91 Å². The minimum absolute atomic E-state index is 0.0973. The summed E-state index contributed by atoms with van der Waals surface area (Å²) in [6.07, 6.45) is 3.49. The molecule has 1 atom stereocenters. The molecule has 0 saturated heterocycles. The minimum Gasteiger partial charge on any atom is -0.333 e. The Hall–Kier alpha value is -3.02. The van der Waals surface area contributed by atoms with Crippen LogP contribution in [0.2, 0.25) is 0 Å². The van der Waals surface area contributed by atoms with E-state index < -0.39 is 0 Å². The van der Waals surface area contributed by atoms with Crippen molar-refractivity contribution in [3.05, 3.63) is 77.4 Å². The highest BCUT2D eigenvalue weighted by atomic mass is 16.2. The summed E-state index contributed by atoms with van der Waals surface area (Å²) in [4.78, 5) is 18.6. The largest absolute Gasteiger partial charge is 0.333 e. The van der Waals surface area contributed by atoms with E-state index >= 15 is 0 Å². The molecule has 0 spiro atoms. The average molecular weight is 335 g/mol. The zero-order valence-corrected chi connectivity index (χ0v) is 14.6. The van der Waals surface area contributed by atoms with E-state index in [1.807, 2.05) is 56.3 Å². The molecule has 2 aromatic heterocycles. The normalized spacial score (nSPS) is 12.0. The Kier molecular flexibility index (Phi) is 4.88.